The lowest BCUT2D eigenvalue weighted by Crippen LogP contribution is -2.45. The van der Waals surface area contributed by atoms with Crippen molar-refractivity contribution >= 4 is 40.9 Å². The van der Waals surface area contributed by atoms with E-state index >= 15 is 0 Å². The lowest BCUT2D eigenvalue weighted by molar-refractivity contribution is -0.211. The van der Waals surface area contributed by atoms with Crippen molar-refractivity contribution < 1.29 is 34.1 Å². The van der Waals surface area contributed by atoms with Crippen molar-refractivity contribution in [2.24, 2.45) is 5.90 Å². The second kappa shape index (κ2) is 10.9. The Morgan fingerprint density at radius 1 is 1.23 bits per heavy atom. The number of benzene rings is 1. The summed E-state index contributed by atoms with van der Waals surface area (Å²) in [6, 6.07) is 4.81. The fourth-order valence-electron chi connectivity index (χ4n) is 1.90. The number of rotatable bonds is 10. The first-order valence-electron chi connectivity index (χ1n) is 7.29. The molecule has 0 fully saturated rings. The predicted molar refractivity (Wildman–Crippen MR) is 91.0 cm³/mol. The molecule has 0 saturated heterocycles. The number of amides is 1. The maximum Gasteiger partial charge on any atom is 0.313 e. The van der Waals surface area contributed by atoms with Gasteiger partial charge in [0.25, 0.3) is 5.91 Å². The van der Waals surface area contributed by atoms with Crippen LogP contribution >= 0.6 is 23.2 Å². The highest BCUT2D eigenvalue weighted by Crippen LogP contribution is 2.21. The Morgan fingerprint density at radius 3 is 2.35 bits per heavy atom. The van der Waals surface area contributed by atoms with Crippen LogP contribution in [0.25, 0.3) is 0 Å². The summed E-state index contributed by atoms with van der Waals surface area (Å²) in [5, 5.41) is 12.8. The number of ether oxygens (including phenoxy) is 1. The van der Waals surface area contributed by atoms with Crippen molar-refractivity contribution in [1.29, 1.82) is 0 Å². The Bertz CT molecular complexity index is 625. The number of carbonyl (C=O) groups excluding carboxylic acids is 3. The van der Waals surface area contributed by atoms with Gasteiger partial charge >= 0.3 is 5.97 Å². The molecule has 0 saturated carbocycles. The molecule has 1 amide bonds. The van der Waals surface area contributed by atoms with Gasteiger partial charge in [-0.1, -0.05) is 40.3 Å². The number of esters is 1. The Hall–Kier alpha value is -1.91. The van der Waals surface area contributed by atoms with E-state index in [1.165, 1.54) is 31.2 Å². The summed E-state index contributed by atoms with van der Waals surface area (Å²) in [5.74, 6) is 3.10. The average molecular weight is 409 g/mol. The van der Waals surface area contributed by atoms with E-state index in [-0.39, 0.29) is 11.5 Å². The summed E-state index contributed by atoms with van der Waals surface area (Å²) < 4.78 is 4.92. The molecule has 0 aromatic heterocycles. The Labute approximate surface area is 159 Å². The molecular formula is C15H18Cl2N2O7. The van der Waals surface area contributed by atoms with Gasteiger partial charge in [0, 0.05) is 0 Å². The third-order valence-corrected chi connectivity index (χ3v) is 3.49. The van der Waals surface area contributed by atoms with Crippen LogP contribution in [0.15, 0.2) is 24.3 Å². The number of nitrogens with two attached hydrogens (primary N) is 1. The Balaban J connectivity index is 2.85. The number of hydrogen-bond acceptors (Lipinski definition) is 8. The van der Waals surface area contributed by atoms with Gasteiger partial charge in [-0.15, -0.1) is 0 Å². The predicted octanol–water partition coefficient (Wildman–Crippen LogP) is 0.715. The molecule has 0 aliphatic heterocycles. The number of aliphatic hydroxyl groups is 1. The van der Waals surface area contributed by atoms with E-state index in [9.17, 15) is 19.5 Å². The summed E-state index contributed by atoms with van der Waals surface area (Å²) in [7, 11) is 0. The molecule has 11 heteroatoms. The quantitative estimate of drug-likeness (QED) is 0.169. The molecule has 0 spiro atoms. The van der Waals surface area contributed by atoms with Gasteiger partial charge in [0.05, 0.1) is 6.04 Å². The molecule has 1 aromatic rings. The van der Waals surface area contributed by atoms with Crippen molar-refractivity contribution in [3.05, 3.63) is 29.8 Å². The molecule has 26 heavy (non-hydrogen) atoms. The van der Waals surface area contributed by atoms with Gasteiger partial charge in [-0.3, -0.25) is 14.4 Å². The zero-order valence-electron chi connectivity index (χ0n) is 13.7. The number of aliphatic hydroxyl groups excluding tert-OH is 1. The van der Waals surface area contributed by atoms with Gasteiger partial charge in [0.2, 0.25) is 0 Å². The minimum Gasteiger partial charge on any atom is -0.463 e. The normalized spacial score (nSPS) is 13.0. The van der Waals surface area contributed by atoms with E-state index in [2.05, 4.69) is 15.2 Å². The van der Waals surface area contributed by atoms with Crippen LogP contribution in [-0.2, 0) is 24.1 Å². The fraction of sp³-hybridized carbons (Fsp3) is 0.400. The topological polar surface area (TPSA) is 137 Å². The van der Waals surface area contributed by atoms with E-state index in [1.54, 1.807) is 0 Å². The number of hydrogen-bond donors (Lipinski definition) is 3. The van der Waals surface area contributed by atoms with E-state index in [4.69, 9.17) is 33.8 Å². The van der Waals surface area contributed by atoms with Crippen LogP contribution in [0, 0.1) is 0 Å². The number of alkyl halides is 2. The fourth-order valence-corrected chi connectivity index (χ4v) is 2.03. The van der Waals surface area contributed by atoms with Crippen LogP contribution < -0.4 is 16.1 Å². The molecule has 1 rings (SSSR count). The molecule has 4 N–H and O–H groups in total. The lowest BCUT2D eigenvalue weighted by Gasteiger charge is -2.24. The highest BCUT2D eigenvalue weighted by molar-refractivity contribution is 6.53. The van der Waals surface area contributed by atoms with Crippen molar-refractivity contribution in [2.75, 3.05) is 6.61 Å². The third-order valence-electron chi connectivity index (χ3n) is 3.09. The first-order chi connectivity index (χ1) is 12.2. The zero-order valence-corrected chi connectivity index (χ0v) is 15.2. The van der Waals surface area contributed by atoms with Crippen LogP contribution in [0.4, 0.5) is 0 Å². The van der Waals surface area contributed by atoms with Gasteiger partial charge < -0.3 is 20.0 Å². The molecule has 9 nitrogen and oxygen atoms in total. The number of carbonyl (C=O) groups is 3. The maximum atomic E-state index is 11.7. The van der Waals surface area contributed by atoms with Gasteiger partial charge in [-0.05, 0) is 24.6 Å². The molecule has 0 aliphatic rings. The molecular weight excluding hydrogens is 391 g/mol. The monoisotopic (exact) mass is 408 g/mol. The number of nitrogens with one attached hydrogen (secondary N) is 1. The summed E-state index contributed by atoms with van der Waals surface area (Å²) in [5.41, 5.74) is 0.364. The van der Waals surface area contributed by atoms with E-state index in [0.717, 1.165) is 0 Å². The molecule has 1 aromatic carbocycles. The molecule has 0 radical (unpaired) electrons. The van der Waals surface area contributed by atoms with Crippen LogP contribution in [0.1, 0.15) is 25.0 Å². The van der Waals surface area contributed by atoms with Gasteiger partial charge in [0.15, 0.2) is 10.6 Å². The van der Waals surface area contributed by atoms with Gasteiger partial charge in [-0.25, -0.2) is 0 Å². The van der Waals surface area contributed by atoms with E-state index < -0.39 is 41.9 Å². The highest BCUT2D eigenvalue weighted by Gasteiger charge is 2.27. The second-order valence-corrected chi connectivity index (χ2v) is 6.27. The Morgan fingerprint density at radius 2 is 1.85 bits per heavy atom. The standard InChI is InChI=1S/C15H18Cl2N2O7/c1-8(20)6-12(21)24-7-11(19-15(23)14(16)17)13(22)9-2-4-10(5-3-9)25-26-18/h2-5,11,13-14,22H,6-7,18H2,1H3,(H,19,23). The second-order valence-electron chi connectivity index (χ2n) is 5.17. The maximum absolute atomic E-state index is 11.7. The molecule has 0 aliphatic carbocycles. The minimum absolute atomic E-state index is 0.276. The van der Waals surface area contributed by atoms with Crippen LogP contribution in [0.3, 0.4) is 0 Å². The van der Waals surface area contributed by atoms with Crippen molar-refractivity contribution in [3.63, 3.8) is 0 Å². The average Bonchev–Trinajstić information content (AvgIpc) is 2.58. The molecule has 0 heterocycles. The van der Waals surface area contributed by atoms with Crippen molar-refractivity contribution in [3.8, 4) is 5.75 Å². The Kier molecular flexibility index (Phi) is 9.31. The number of Topliss-reactive ketones (excluding diaryl/α,β-unsaturated/α-hetero) is 1. The molecule has 2 atom stereocenters. The lowest BCUT2D eigenvalue weighted by atomic mass is 10.0. The summed E-state index contributed by atoms with van der Waals surface area (Å²) in [6.07, 6.45) is -1.70. The van der Waals surface area contributed by atoms with E-state index in [1.807, 2.05) is 0 Å². The van der Waals surface area contributed by atoms with Crippen LogP contribution in [0.5, 0.6) is 5.75 Å². The summed E-state index contributed by atoms with van der Waals surface area (Å²) in [6.45, 7) is 0.833. The van der Waals surface area contributed by atoms with Gasteiger partial charge in [0.1, 0.15) is 24.9 Å². The highest BCUT2D eigenvalue weighted by atomic mass is 35.5. The smallest absolute Gasteiger partial charge is 0.313 e. The van der Waals surface area contributed by atoms with Crippen LogP contribution in [0.2, 0.25) is 0 Å². The summed E-state index contributed by atoms with van der Waals surface area (Å²) >= 11 is 11.0. The summed E-state index contributed by atoms with van der Waals surface area (Å²) in [4.78, 5) is 41.4. The number of halogens is 2. The molecule has 144 valence electrons. The van der Waals surface area contributed by atoms with Crippen LogP contribution in [-0.4, -0.2) is 40.3 Å². The minimum atomic E-state index is -1.38. The van der Waals surface area contributed by atoms with E-state index in [0.29, 0.717) is 5.56 Å². The zero-order chi connectivity index (χ0) is 19.7. The SMILES string of the molecule is CC(=O)CC(=O)OCC(NC(=O)C(Cl)Cl)C(O)c1ccc(OON)cc1. The first kappa shape index (κ1) is 22.1. The largest absolute Gasteiger partial charge is 0.463 e. The third kappa shape index (κ3) is 7.54. The first-order valence-corrected chi connectivity index (χ1v) is 8.17. The molecule has 2 unspecified atom stereocenters. The van der Waals surface area contributed by atoms with Crippen molar-refractivity contribution in [2.45, 2.75) is 30.3 Å². The van der Waals surface area contributed by atoms with Crippen molar-refractivity contribution in [1.82, 2.24) is 5.32 Å². The number of ketones is 1. The molecule has 0 bridgehead atoms. The van der Waals surface area contributed by atoms with Gasteiger partial charge in [-0.2, -0.15) is 5.90 Å².